The predicted octanol–water partition coefficient (Wildman–Crippen LogP) is 3.33. The molecule has 0 heterocycles. The number of carbonyl (C=O) groups is 2. The van der Waals surface area contributed by atoms with Crippen LogP contribution in [0.3, 0.4) is 0 Å². The van der Waals surface area contributed by atoms with Gasteiger partial charge in [-0.25, -0.2) is 4.39 Å². The first-order chi connectivity index (χ1) is 9.95. The molecule has 114 valence electrons. The largest absolute Gasteiger partial charge is 0.465 e. The van der Waals surface area contributed by atoms with Crippen LogP contribution in [0.25, 0.3) is 0 Å². The molecule has 3 atom stereocenters. The lowest BCUT2D eigenvalue weighted by Gasteiger charge is -2.16. The van der Waals surface area contributed by atoms with E-state index in [-0.39, 0.29) is 36.0 Å². The Morgan fingerprint density at radius 1 is 1.29 bits per heavy atom. The molecule has 0 bridgehead atoms. The van der Waals surface area contributed by atoms with E-state index >= 15 is 0 Å². The Balaban J connectivity index is 2.14. The van der Waals surface area contributed by atoms with Gasteiger partial charge >= 0.3 is 5.97 Å². The second kappa shape index (κ2) is 6.37. The van der Waals surface area contributed by atoms with E-state index in [2.05, 4.69) is 0 Å². The van der Waals surface area contributed by atoms with Crippen LogP contribution in [-0.4, -0.2) is 18.4 Å². The summed E-state index contributed by atoms with van der Waals surface area (Å²) in [5.74, 6) is -1.55. The molecule has 0 aromatic heterocycles. The van der Waals surface area contributed by atoms with E-state index in [0.29, 0.717) is 0 Å². The fraction of sp³-hybridized carbons (Fsp3) is 0.529. The van der Waals surface area contributed by atoms with Gasteiger partial charge in [0, 0.05) is 5.92 Å². The highest BCUT2D eigenvalue weighted by Crippen LogP contribution is 2.52. The number of ketones is 1. The summed E-state index contributed by atoms with van der Waals surface area (Å²) in [5, 5.41) is 0. The van der Waals surface area contributed by atoms with Gasteiger partial charge in [-0.2, -0.15) is 0 Å². The molecule has 3 nitrogen and oxygen atoms in total. The molecule has 0 amide bonds. The molecule has 1 saturated carbocycles. The summed E-state index contributed by atoms with van der Waals surface area (Å²) in [6.07, 6.45) is 0.771. The maximum absolute atomic E-state index is 13.0. The van der Waals surface area contributed by atoms with Gasteiger partial charge in [-0.3, -0.25) is 9.59 Å². The van der Waals surface area contributed by atoms with Gasteiger partial charge in [-0.05, 0) is 42.9 Å². The van der Waals surface area contributed by atoms with Crippen LogP contribution in [-0.2, 0) is 14.3 Å². The SMILES string of the molecule is CCOC(=O)C(C(=O)C(C)C)C1CC1c1ccc(F)cc1. The molecule has 1 fully saturated rings. The smallest absolute Gasteiger partial charge is 0.316 e. The minimum atomic E-state index is -0.694. The molecule has 0 N–H and O–H groups in total. The predicted molar refractivity (Wildman–Crippen MR) is 77.2 cm³/mol. The first kappa shape index (κ1) is 15.7. The number of rotatable bonds is 6. The van der Waals surface area contributed by atoms with Gasteiger partial charge in [-0.1, -0.05) is 26.0 Å². The Morgan fingerprint density at radius 3 is 2.43 bits per heavy atom. The molecule has 1 aromatic rings. The highest BCUT2D eigenvalue weighted by Gasteiger charge is 2.50. The van der Waals surface area contributed by atoms with Gasteiger partial charge in [0.05, 0.1) is 6.61 Å². The summed E-state index contributed by atoms with van der Waals surface area (Å²) >= 11 is 0. The molecular formula is C17H21FO3. The van der Waals surface area contributed by atoms with Crippen LogP contribution in [0.5, 0.6) is 0 Å². The average Bonchev–Trinajstić information content (AvgIpc) is 3.20. The zero-order chi connectivity index (χ0) is 15.6. The molecule has 4 heteroatoms. The van der Waals surface area contributed by atoms with Crippen molar-refractivity contribution in [1.29, 1.82) is 0 Å². The highest BCUT2D eigenvalue weighted by molar-refractivity contribution is 6.00. The molecule has 0 radical (unpaired) electrons. The van der Waals surface area contributed by atoms with E-state index in [1.165, 1.54) is 12.1 Å². The monoisotopic (exact) mass is 292 g/mol. The van der Waals surface area contributed by atoms with Crippen molar-refractivity contribution < 1.29 is 18.7 Å². The van der Waals surface area contributed by atoms with E-state index in [9.17, 15) is 14.0 Å². The number of ether oxygens (including phenoxy) is 1. The van der Waals surface area contributed by atoms with E-state index in [1.807, 2.05) is 0 Å². The zero-order valence-electron chi connectivity index (χ0n) is 12.6. The Bertz CT molecular complexity index is 521. The van der Waals surface area contributed by atoms with E-state index in [0.717, 1.165) is 12.0 Å². The first-order valence-electron chi connectivity index (χ1n) is 7.41. The topological polar surface area (TPSA) is 43.4 Å². The number of hydrogen-bond donors (Lipinski definition) is 0. The minimum Gasteiger partial charge on any atom is -0.465 e. The van der Waals surface area contributed by atoms with Crippen molar-refractivity contribution in [3.8, 4) is 0 Å². The molecule has 1 aromatic carbocycles. The number of halogens is 1. The van der Waals surface area contributed by atoms with Gasteiger partial charge in [0.15, 0.2) is 0 Å². The normalized spacial score (nSPS) is 22.0. The van der Waals surface area contributed by atoms with Gasteiger partial charge in [0.1, 0.15) is 17.5 Å². The van der Waals surface area contributed by atoms with Crippen molar-refractivity contribution in [3.63, 3.8) is 0 Å². The maximum Gasteiger partial charge on any atom is 0.316 e. The summed E-state index contributed by atoms with van der Waals surface area (Å²) in [4.78, 5) is 24.4. The second-order valence-electron chi connectivity index (χ2n) is 5.84. The van der Waals surface area contributed by atoms with Crippen LogP contribution in [0.1, 0.15) is 38.7 Å². The third-order valence-corrected chi connectivity index (χ3v) is 3.98. The van der Waals surface area contributed by atoms with Crippen molar-refractivity contribution in [1.82, 2.24) is 0 Å². The first-order valence-corrected chi connectivity index (χ1v) is 7.41. The van der Waals surface area contributed by atoms with Gasteiger partial charge in [0.25, 0.3) is 0 Å². The van der Waals surface area contributed by atoms with Crippen LogP contribution in [0.4, 0.5) is 4.39 Å². The van der Waals surface area contributed by atoms with E-state index < -0.39 is 11.9 Å². The summed E-state index contributed by atoms with van der Waals surface area (Å²) in [6.45, 7) is 5.60. The lowest BCUT2D eigenvalue weighted by atomic mass is 9.89. The maximum atomic E-state index is 13.0. The van der Waals surface area contributed by atoms with Crippen LogP contribution >= 0.6 is 0 Å². The molecule has 0 aliphatic heterocycles. The number of hydrogen-bond acceptors (Lipinski definition) is 3. The van der Waals surface area contributed by atoms with Gasteiger partial charge < -0.3 is 4.74 Å². The average molecular weight is 292 g/mol. The molecular weight excluding hydrogens is 271 g/mol. The fourth-order valence-corrected chi connectivity index (χ4v) is 2.77. The third-order valence-electron chi connectivity index (χ3n) is 3.98. The van der Waals surface area contributed by atoms with Crippen molar-refractivity contribution in [3.05, 3.63) is 35.6 Å². The van der Waals surface area contributed by atoms with Crippen molar-refractivity contribution >= 4 is 11.8 Å². The lowest BCUT2D eigenvalue weighted by Crippen LogP contribution is -2.31. The number of benzene rings is 1. The molecule has 0 saturated heterocycles. The van der Waals surface area contributed by atoms with Crippen LogP contribution < -0.4 is 0 Å². The van der Waals surface area contributed by atoms with Crippen LogP contribution in [0.2, 0.25) is 0 Å². The van der Waals surface area contributed by atoms with Crippen LogP contribution in [0, 0.1) is 23.6 Å². The van der Waals surface area contributed by atoms with Crippen molar-refractivity contribution in [2.24, 2.45) is 17.8 Å². The van der Waals surface area contributed by atoms with Crippen molar-refractivity contribution in [2.45, 2.75) is 33.1 Å². The summed E-state index contributed by atoms with van der Waals surface area (Å²) in [6, 6.07) is 6.27. The summed E-state index contributed by atoms with van der Waals surface area (Å²) in [7, 11) is 0. The Labute approximate surface area is 124 Å². The fourth-order valence-electron chi connectivity index (χ4n) is 2.77. The number of esters is 1. The van der Waals surface area contributed by atoms with Gasteiger partial charge in [-0.15, -0.1) is 0 Å². The molecule has 1 aliphatic carbocycles. The van der Waals surface area contributed by atoms with E-state index in [4.69, 9.17) is 4.74 Å². The molecule has 21 heavy (non-hydrogen) atoms. The molecule has 3 unspecified atom stereocenters. The zero-order valence-corrected chi connectivity index (χ0v) is 12.6. The van der Waals surface area contributed by atoms with E-state index in [1.54, 1.807) is 32.9 Å². The summed E-state index contributed by atoms with van der Waals surface area (Å²) < 4.78 is 18.0. The number of carbonyl (C=O) groups excluding carboxylic acids is 2. The molecule has 0 spiro atoms. The van der Waals surface area contributed by atoms with Gasteiger partial charge in [0.2, 0.25) is 0 Å². The molecule has 1 aliphatic rings. The molecule has 2 rings (SSSR count). The lowest BCUT2D eigenvalue weighted by molar-refractivity contribution is -0.153. The Kier molecular flexibility index (Phi) is 4.76. The quantitative estimate of drug-likeness (QED) is 0.596. The van der Waals surface area contributed by atoms with Crippen LogP contribution in [0.15, 0.2) is 24.3 Å². The standard InChI is InChI=1S/C17H21FO3/c1-4-21-17(20)15(16(19)10(2)3)14-9-13(14)11-5-7-12(18)8-6-11/h5-8,10,13-15H,4,9H2,1-3H3. The van der Waals surface area contributed by atoms with Crippen molar-refractivity contribution in [2.75, 3.05) is 6.61 Å². The number of Topliss-reactive ketones (excluding diaryl/α,β-unsaturated/α-hetero) is 1. The minimum absolute atomic E-state index is 0.0237. The summed E-state index contributed by atoms with van der Waals surface area (Å²) in [5.41, 5.74) is 0.979. The highest BCUT2D eigenvalue weighted by atomic mass is 19.1. The second-order valence-corrected chi connectivity index (χ2v) is 5.84. The third kappa shape index (κ3) is 3.49. The Hall–Kier alpha value is -1.71. The Morgan fingerprint density at radius 2 is 1.90 bits per heavy atom.